The number of rotatable bonds is 2. The minimum Gasteiger partial charge on any atom is -0.368 e. The van der Waals surface area contributed by atoms with Crippen molar-refractivity contribution in [3.8, 4) is 0 Å². The number of nitrogen functional groups attached to an aromatic ring is 1. The molecule has 1 amide bonds. The van der Waals surface area contributed by atoms with Crippen molar-refractivity contribution >= 4 is 38.9 Å². The Morgan fingerprint density at radius 1 is 1.39 bits per heavy atom. The molecule has 4 N–H and O–H groups in total. The van der Waals surface area contributed by atoms with E-state index in [-0.39, 0.29) is 22.3 Å². The first-order valence-electron chi connectivity index (χ1n) is 6.53. The number of nitrogens with zero attached hydrogens (tertiary/aromatic N) is 2. The molecular weight excluding hydrogens is 325 g/mol. The van der Waals surface area contributed by atoms with Gasteiger partial charge in [0.15, 0.2) is 21.5 Å². The molecule has 2 heterocycles. The number of benzene rings is 1. The topological polar surface area (TPSA) is 127 Å². The number of aromatic nitrogens is 2. The van der Waals surface area contributed by atoms with E-state index in [9.17, 15) is 17.6 Å². The average Bonchev–Trinajstić information content (AvgIpc) is 2.49. The van der Waals surface area contributed by atoms with Crippen molar-refractivity contribution < 1.29 is 17.6 Å². The van der Waals surface area contributed by atoms with Crippen LogP contribution in [-0.4, -0.2) is 29.5 Å². The number of hydrogen-bond acceptors (Lipinski definition) is 7. The fourth-order valence-electron chi connectivity index (χ4n) is 2.12. The number of sulfone groups is 1. The molecule has 1 aliphatic rings. The van der Waals surface area contributed by atoms with Gasteiger partial charge in [-0.05, 0) is 25.1 Å². The quantitative estimate of drug-likeness (QED) is 0.747. The second kappa shape index (κ2) is 5.16. The van der Waals surface area contributed by atoms with E-state index >= 15 is 0 Å². The van der Waals surface area contributed by atoms with Crippen LogP contribution in [0.4, 0.5) is 27.5 Å². The van der Waals surface area contributed by atoms with Crippen molar-refractivity contribution in [1.29, 1.82) is 0 Å². The molecule has 0 bridgehead atoms. The van der Waals surface area contributed by atoms with Crippen LogP contribution in [0.5, 0.6) is 0 Å². The summed E-state index contributed by atoms with van der Waals surface area (Å²) in [6, 6.07) is 4.16. The zero-order valence-corrected chi connectivity index (χ0v) is 12.7. The summed E-state index contributed by atoms with van der Waals surface area (Å²) in [5, 5.41) is 4.01. The van der Waals surface area contributed by atoms with E-state index in [0.29, 0.717) is 5.69 Å². The first-order valence-corrected chi connectivity index (χ1v) is 8.07. The number of anilines is 4. The largest absolute Gasteiger partial charge is 0.368 e. The maximum atomic E-state index is 13.6. The summed E-state index contributed by atoms with van der Waals surface area (Å²) >= 11 is 0. The number of hydrogen-bond donors (Lipinski definition) is 3. The molecule has 0 fully saturated rings. The summed E-state index contributed by atoms with van der Waals surface area (Å²) in [5.41, 5.74) is 5.86. The molecule has 0 saturated carbocycles. The average molecular weight is 337 g/mol. The number of nitrogens with two attached hydrogens (primary N) is 1. The van der Waals surface area contributed by atoms with Crippen molar-refractivity contribution in [2.24, 2.45) is 0 Å². The van der Waals surface area contributed by atoms with Gasteiger partial charge < -0.3 is 16.4 Å². The molecule has 1 aromatic carbocycles. The van der Waals surface area contributed by atoms with Gasteiger partial charge in [0.2, 0.25) is 11.9 Å². The van der Waals surface area contributed by atoms with Crippen LogP contribution >= 0.6 is 0 Å². The molecule has 0 spiro atoms. The van der Waals surface area contributed by atoms with Crippen molar-refractivity contribution in [2.75, 3.05) is 16.4 Å². The smallest absolute Gasteiger partial charge is 0.242 e. The van der Waals surface area contributed by atoms with E-state index < -0.39 is 26.8 Å². The van der Waals surface area contributed by atoms with Crippen molar-refractivity contribution in [1.82, 2.24) is 9.97 Å². The van der Waals surface area contributed by atoms with Crippen LogP contribution in [0.15, 0.2) is 29.3 Å². The number of nitrogens with one attached hydrogen (secondary N) is 2. The zero-order chi connectivity index (χ0) is 16.8. The summed E-state index contributed by atoms with van der Waals surface area (Å²) in [5.74, 6) is -1.61. The predicted octanol–water partition coefficient (Wildman–Crippen LogP) is 1.06. The Labute approximate surface area is 130 Å². The minimum atomic E-state index is -3.73. The van der Waals surface area contributed by atoms with Gasteiger partial charge in [0.25, 0.3) is 0 Å². The fraction of sp³-hybridized carbons (Fsp3) is 0.154. The van der Waals surface area contributed by atoms with Crippen LogP contribution in [0.2, 0.25) is 0 Å². The Kier molecular flexibility index (Phi) is 3.40. The van der Waals surface area contributed by atoms with Crippen LogP contribution < -0.4 is 16.4 Å². The zero-order valence-electron chi connectivity index (χ0n) is 11.9. The van der Waals surface area contributed by atoms with Gasteiger partial charge in [0.1, 0.15) is 5.25 Å². The predicted molar refractivity (Wildman–Crippen MR) is 81.4 cm³/mol. The molecule has 23 heavy (non-hydrogen) atoms. The third-order valence-corrected chi connectivity index (χ3v) is 5.52. The van der Waals surface area contributed by atoms with Gasteiger partial charge in [-0.2, -0.15) is 4.98 Å². The maximum absolute atomic E-state index is 13.6. The van der Waals surface area contributed by atoms with Crippen molar-refractivity contribution in [3.63, 3.8) is 0 Å². The molecule has 2 aromatic rings. The second-order valence-corrected chi connectivity index (χ2v) is 7.17. The monoisotopic (exact) mass is 337 g/mol. The molecule has 0 radical (unpaired) electrons. The first-order chi connectivity index (χ1) is 10.8. The molecule has 1 aromatic heterocycles. The third kappa shape index (κ3) is 2.57. The Bertz CT molecular complexity index is 916. The Morgan fingerprint density at radius 2 is 2.13 bits per heavy atom. The highest BCUT2D eigenvalue weighted by atomic mass is 32.2. The molecule has 120 valence electrons. The van der Waals surface area contributed by atoms with Crippen molar-refractivity contribution in [3.05, 3.63) is 30.2 Å². The van der Waals surface area contributed by atoms with E-state index in [1.165, 1.54) is 25.1 Å². The van der Waals surface area contributed by atoms with Gasteiger partial charge in [-0.1, -0.05) is 0 Å². The molecular formula is C13H12FN5O3S. The van der Waals surface area contributed by atoms with Gasteiger partial charge in [-0.15, -0.1) is 0 Å². The van der Waals surface area contributed by atoms with Crippen LogP contribution in [-0.2, 0) is 14.6 Å². The normalized spacial score (nSPS) is 18.9. The highest BCUT2D eigenvalue weighted by Gasteiger charge is 2.36. The van der Waals surface area contributed by atoms with Gasteiger partial charge in [0.05, 0.1) is 16.8 Å². The Balaban J connectivity index is 2.01. The summed E-state index contributed by atoms with van der Waals surface area (Å²) in [6.07, 6.45) is 0.914. The third-order valence-electron chi connectivity index (χ3n) is 3.40. The van der Waals surface area contributed by atoms with Crippen LogP contribution in [0.25, 0.3) is 0 Å². The number of fused-ring (bicyclic) bond motifs is 1. The van der Waals surface area contributed by atoms with Crippen molar-refractivity contribution in [2.45, 2.75) is 17.1 Å². The first kappa shape index (κ1) is 15.2. The van der Waals surface area contributed by atoms with E-state index in [1.807, 2.05) is 0 Å². The van der Waals surface area contributed by atoms with Crippen LogP contribution in [0, 0.1) is 5.82 Å². The molecule has 1 atom stereocenters. The molecule has 10 heteroatoms. The van der Waals surface area contributed by atoms with E-state index in [4.69, 9.17) is 5.73 Å². The highest BCUT2D eigenvalue weighted by molar-refractivity contribution is 7.93. The summed E-state index contributed by atoms with van der Waals surface area (Å²) in [7, 11) is -3.73. The molecule has 0 saturated heterocycles. The SMILES string of the molecule is CC1C(=O)Nc2cc(Nc3nc(N)ncc3F)ccc2S1(=O)=O. The molecule has 1 aliphatic heterocycles. The second-order valence-electron chi connectivity index (χ2n) is 4.94. The van der Waals surface area contributed by atoms with E-state index in [0.717, 1.165) is 6.20 Å². The molecule has 3 rings (SSSR count). The highest BCUT2D eigenvalue weighted by Crippen LogP contribution is 2.33. The lowest BCUT2D eigenvalue weighted by molar-refractivity contribution is -0.115. The van der Waals surface area contributed by atoms with Gasteiger partial charge >= 0.3 is 0 Å². The van der Waals surface area contributed by atoms with Gasteiger partial charge in [0, 0.05) is 5.69 Å². The number of halogens is 1. The van der Waals surface area contributed by atoms with E-state index in [1.54, 1.807) is 0 Å². The Morgan fingerprint density at radius 3 is 2.87 bits per heavy atom. The maximum Gasteiger partial charge on any atom is 0.242 e. The number of amides is 1. The summed E-state index contributed by atoms with van der Waals surface area (Å²) < 4.78 is 38.0. The summed E-state index contributed by atoms with van der Waals surface area (Å²) in [4.78, 5) is 19.0. The molecule has 8 nitrogen and oxygen atoms in total. The molecule has 1 unspecified atom stereocenters. The standard InChI is InChI=1S/C13H12FN5O3S/c1-6-12(20)18-9-4-7(2-3-10(9)23(6,21)22)17-11-8(14)5-16-13(15)19-11/h2-6H,1H3,(H,18,20)(H3,15,16,17,19). The number of carbonyl (C=O) groups excluding carboxylic acids is 1. The Hall–Kier alpha value is -2.75. The minimum absolute atomic E-state index is 0.0119. The number of carbonyl (C=O) groups is 1. The fourth-order valence-corrected chi connectivity index (χ4v) is 3.52. The lowest BCUT2D eigenvalue weighted by Crippen LogP contribution is -2.37. The lowest BCUT2D eigenvalue weighted by Gasteiger charge is -2.22. The van der Waals surface area contributed by atoms with Crippen LogP contribution in [0.3, 0.4) is 0 Å². The van der Waals surface area contributed by atoms with Gasteiger partial charge in [-0.25, -0.2) is 17.8 Å². The van der Waals surface area contributed by atoms with Crippen LogP contribution in [0.1, 0.15) is 6.92 Å². The summed E-state index contributed by atoms with van der Waals surface area (Å²) in [6.45, 7) is 1.32. The molecule has 0 aliphatic carbocycles. The van der Waals surface area contributed by atoms with Gasteiger partial charge in [-0.3, -0.25) is 4.79 Å². The van der Waals surface area contributed by atoms with E-state index in [2.05, 4.69) is 20.6 Å². The lowest BCUT2D eigenvalue weighted by atomic mass is 10.2.